The van der Waals surface area contributed by atoms with Crippen molar-refractivity contribution in [3.05, 3.63) is 30.1 Å². The zero-order chi connectivity index (χ0) is 13.7. The van der Waals surface area contributed by atoms with Gasteiger partial charge in [-0.2, -0.15) is 0 Å². The van der Waals surface area contributed by atoms with Crippen molar-refractivity contribution in [3.8, 4) is 0 Å². The predicted molar refractivity (Wildman–Crippen MR) is 69.5 cm³/mol. The zero-order valence-corrected chi connectivity index (χ0v) is 11.0. The molecule has 0 saturated carbocycles. The maximum Gasteiger partial charge on any atom is 0.309 e. The highest BCUT2D eigenvalue weighted by molar-refractivity contribution is 5.94. The fourth-order valence-electron chi connectivity index (χ4n) is 2.26. The van der Waals surface area contributed by atoms with E-state index in [0.29, 0.717) is 38.1 Å². The summed E-state index contributed by atoms with van der Waals surface area (Å²) in [5, 5.41) is 0. The molecule has 102 valence electrons. The summed E-state index contributed by atoms with van der Waals surface area (Å²) in [7, 11) is 0. The first-order chi connectivity index (χ1) is 9.22. The number of nitrogens with zero attached hydrogens (tertiary/aromatic N) is 2. The minimum Gasteiger partial charge on any atom is -0.466 e. The average molecular weight is 262 g/mol. The number of aromatic nitrogens is 1. The number of hydrogen-bond donors (Lipinski definition) is 0. The normalized spacial score (nSPS) is 16.2. The fraction of sp³-hybridized carbons (Fsp3) is 0.500. The van der Waals surface area contributed by atoms with Crippen LogP contribution in [0.25, 0.3) is 0 Å². The van der Waals surface area contributed by atoms with Gasteiger partial charge in [0.2, 0.25) is 0 Å². The monoisotopic (exact) mass is 262 g/mol. The minimum absolute atomic E-state index is 0.00436. The molecule has 5 heteroatoms. The second-order valence-electron chi connectivity index (χ2n) is 4.55. The van der Waals surface area contributed by atoms with E-state index in [1.165, 1.54) is 0 Å². The molecular formula is C14H18N2O3. The third kappa shape index (κ3) is 3.30. The number of ether oxygens (including phenoxy) is 1. The molecule has 2 heterocycles. The molecule has 0 radical (unpaired) electrons. The van der Waals surface area contributed by atoms with Gasteiger partial charge in [0, 0.05) is 31.0 Å². The van der Waals surface area contributed by atoms with E-state index in [4.69, 9.17) is 4.74 Å². The molecule has 0 bridgehead atoms. The molecule has 0 aliphatic carbocycles. The van der Waals surface area contributed by atoms with Gasteiger partial charge in [0.25, 0.3) is 5.91 Å². The molecule has 1 fully saturated rings. The van der Waals surface area contributed by atoms with Gasteiger partial charge in [0.1, 0.15) is 0 Å². The lowest BCUT2D eigenvalue weighted by atomic mass is 9.96. The smallest absolute Gasteiger partial charge is 0.309 e. The summed E-state index contributed by atoms with van der Waals surface area (Å²) in [6.45, 7) is 3.42. The number of carbonyl (C=O) groups excluding carboxylic acids is 2. The molecule has 1 aromatic heterocycles. The van der Waals surface area contributed by atoms with E-state index in [1.54, 1.807) is 36.4 Å². The van der Waals surface area contributed by atoms with Gasteiger partial charge in [-0.05, 0) is 31.9 Å². The number of esters is 1. The Morgan fingerprint density at radius 1 is 1.32 bits per heavy atom. The summed E-state index contributed by atoms with van der Waals surface area (Å²) in [6, 6.07) is 3.42. The van der Waals surface area contributed by atoms with Crippen LogP contribution >= 0.6 is 0 Å². The number of hydrogen-bond acceptors (Lipinski definition) is 4. The lowest BCUT2D eigenvalue weighted by Gasteiger charge is -2.30. The van der Waals surface area contributed by atoms with Crippen molar-refractivity contribution in [3.63, 3.8) is 0 Å². The number of carbonyl (C=O) groups is 2. The minimum atomic E-state index is -0.140. The van der Waals surface area contributed by atoms with Crippen LogP contribution in [0, 0.1) is 5.92 Å². The summed E-state index contributed by atoms with van der Waals surface area (Å²) >= 11 is 0. The summed E-state index contributed by atoms with van der Waals surface area (Å²) in [5.74, 6) is -0.204. The molecule has 1 aliphatic rings. The third-order valence-electron chi connectivity index (χ3n) is 3.33. The van der Waals surface area contributed by atoms with Crippen molar-refractivity contribution < 1.29 is 14.3 Å². The van der Waals surface area contributed by atoms with Gasteiger partial charge in [-0.1, -0.05) is 0 Å². The van der Waals surface area contributed by atoms with Crippen molar-refractivity contribution in [2.45, 2.75) is 19.8 Å². The van der Waals surface area contributed by atoms with Crippen LogP contribution in [0.1, 0.15) is 30.1 Å². The van der Waals surface area contributed by atoms with Crippen molar-refractivity contribution in [1.82, 2.24) is 9.88 Å². The van der Waals surface area contributed by atoms with Crippen LogP contribution in [-0.2, 0) is 9.53 Å². The van der Waals surface area contributed by atoms with Gasteiger partial charge < -0.3 is 9.64 Å². The van der Waals surface area contributed by atoms with Crippen LogP contribution in [0.3, 0.4) is 0 Å². The van der Waals surface area contributed by atoms with E-state index < -0.39 is 0 Å². The highest BCUT2D eigenvalue weighted by atomic mass is 16.5. The predicted octanol–water partition coefficient (Wildman–Crippen LogP) is 1.50. The SMILES string of the molecule is CCOC(=O)C1CCN(C(=O)c2ccncc2)CC1. The molecule has 0 aromatic carbocycles. The zero-order valence-electron chi connectivity index (χ0n) is 11.0. The lowest BCUT2D eigenvalue weighted by molar-refractivity contribution is -0.149. The van der Waals surface area contributed by atoms with Crippen molar-refractivity contribution in [1.29, 1.82) is 0 Å². The Labute approximate surface area is 112 Å². The molecule has 2 rings (SSSR count). The molecular weight excluding hydrogens is 244 g/mol. The Hall–Kier alpha value is -1.91. The number of likely N-dealkylation sites (tertiary alicyclic amines) is 1. The van der Waals surface area contributed by atoms with Gasteiger partial charge in [-0.3, -0.25) is 14.6 Å². The maximum atomic E-state index is 12.2. The van der Waals surface area contributed by atoms with Gasteiger partial charge in [0.05, 0.1) is 12.5 Å². The molecule has 1 amide bonds. The molecule has 1 saturated heterocycles. The molecule has 0 spiro atoms. The maximum absolute atomic E-state index is 12.2. The standard InChI is InChI=1S/C14H18N2O3/c1-2-19-14(18)12-5-9-16(10-6-12)13(17)11-3-7-15-8-4-11/h3-4,7-8,12H,2,5-6,9-10H2,1H3. The summed E-state index contributed by atoms with van der Waals surface area (Å²) in [5.41, 5.74) is 0.643. The van der Waals surface area contributed by atoms with Gasteiger partial charge >= 0.3 is 5.97 Å². The third-order valence-corrected chi connectivity index (χ3v) is 3.33. The Morgan fingerprint density at radius 3 is 2.53 bits per heavy atom. The van der Waals surface area contributed by atoms with Crippen molar-refractivity contribution in [2.75, 3.05) is 19.7 Å². The van der Waals surface area contributed by atoms with Crippen LogP contribution in [0.15, 0.2) is 24.5 Å². The fourth-order valence-corrected chi connectivity index (χ4v) is 2.26. The van der Waals surface area contributed by atoms with E-state index in [0.717, 1.165) is 0 Å². The molecule has 1 aromatic rings. The lowest BCUT2D eigenvalue weighted by Crippen LogP contribution is -2.40. The van der Waals surface area contributed by atoms with Crippen LogP contribution in [0.2, 0.25) is 0 Å². The highest BCUT2D eigenvalue weighted by Crippen LogP contribution is 2.20. The van der Waals surface area contributed by atoms with Crippen LogP contribution in [0.4, 0.5) is 0 Å². The van der Waals surface area contributed by atoms with Gasteiger partial charge in [-0.25, -0.2) is 0 Å². The summed E-state index contributed by atoms with van der Waals surface area (Å²) in [6.07, 6.45) is 4.57. The van der Waals surface area contributed by atoms with Crippen molar-refractivity contribution >= 4 is 11.9 Å². The first kappa shape index (κ1) is 13.5. The van der Waals surface area contributed by atoms with Gasteiger partial charge in [-0.15, -0.1) is 0 Å². The second kappa shape index (κ2) is 6.31. The second-order valence-corrected chi connectivity index (χ2v) is 4.55. The highest BCUT2D eigenvalue weighted by Gasteiger charge is 2.28. The van der Waals surface area contributed by atoms with E-state index >= 15 is 0 Å². The first-order valence-electron chi connectivity index (χ1n) is 6.58. The number of pyridine rings is 1. The molecule has 0 unspecified atom stereocenters. The van der Waals surface area contributed by atoms with E-state index in [-0.39, 0.29) is 17.8 Å². The quantitative estimate of drug-likeness (QED) is 0.774. The Kier molecular flexibility index (Phi) is 4.49. The van der Waals surface area contributed by atoms with Crippen LogP contribution in [-0.4, -0.2) is 41.5 Å². The van der Waals surface area contributed by atoms with Gasteiger partial charge in [0.15, 0.2) is 0 Å². The Bertz CT molecular complexity index is 439. The number of rotatable bonds is 3. The van der Waals surface area contributed by atoms with Crippen LogP contribution in [0.5, 0.6) is 0 Å². The summed E-state index contributed by atoms with van der Waals surface area (Å²) in [4.78, 5) is 29.5. The van der Waals surface area contributed by atoms with E-state index in [2.05, 4.69) is 4.98 Å². The summed E-state index contributed by atoms with van der Waals surface area (Å²) < 4.78 is 5.01. The van der Waals surface area contributed by atoms with E-state index in [9.17, 15) is 9.59 Å². The molecule has 19 heavy (non-hydrogen) atoms. The number of amides is 1. The Morgan fingerprint density at radius 2 is 1.95 bits per heavy atom. The molecule has 5 nitrogen and oxygen atoms in total. The first-order valence-corrected chi connectivity index (χ1v) is 6.58. The van der Waals surface area contributed by atoms with E-state index in [1.807, 2.05) is 0 Å². The average Bonchev–Trinajstić information content (AvgIpc) is 2.48. The largest absolute Gasteiger partial charge is 0.466 e. The van der Waals surface area contributed by atoms with Crippen molar-refractivity contribution in [2.24, 2.45) is 5.92 Å². The topological polar surface area (TPSA) is 59.5 Å². The molecule has 0 atom stereocenters. The van der Waals surface area contributed by atoms with Crippen LogP contribution < -0.4 is 0 Å². The molecule has 1 aliphatic heterocycles. The Balaban J connectivity index is 1.90. The number of piperidine rings is 1. The molecule has 0 N–H and O–H groups in total.